The Hall–Kier alpha value is -1.16. The third kappa shape index (κ3) is 4.31. The van der Waals surface area contributed by atoms with Crippen molar-refractivity contribution in [3.8, 4) is 0 Å². The lowest BCUT2D eigenvalue weighted by Gasteiger charge is -2.53. The highest BCUT2D eigenvalue weighted by Gasteiger charge is 2.63. The van der Waals surface area contributed by atoms with Gasteiger partial charge in [-0.3, -0.25) is 0 Å². The van der Waals surface area contributed by atoms with E-state index in [-0.39, 0.29) is 6.61 Å². The van der Waals surface area contributed by atoms with Crippen LogP contribution in [0.2, 0.25) is 0 Å². The molecule has 0 saturated carbocycles. The number of aliphatic hydroxyl groups is 1. The van der Waals surface area contributed by atoms with E-state index in [0.29, 0.717) is 12.2 Å². The van der Waals surface area contributed by atoms with Crippen LogP contribution in [0.5, 0.6) is 0 Å². The Morgan fingerprint density at radius 2 is 1.81 bits per heavy atom. The molecule has 1 aromatic rings. The van der Waals surface area contributed by atoms with E-state index < -0.39 is 29.2 Å². The van der Waals surface area contributed by atoms with Crippen molar-refractivity contribution in [3.05, 3.63) is 30.3 Å². The Morgan fingerprint density at radius 3 is 2.37 bits per heavy atom. The van der Waals surface area contributed by atoms with Crippen molar-refractivity contribution in [2.45, 2.75) is 48.4 Å². The average Bonchev–Trinajstić information content (AvgIpc) is 2.70. The van der Waals surface area contributed by atoms with Crippen molar-refractivity contribution >= 4 is 17.7 Å². The van der Waals surface area contributed by atoms with Gasteiger partial charge < -0.3 is 28.8 Å². The summed E-state index contributed by atoms with van der Waals surface area (Å²) in [6, 6.07) is 9.81. The molecule has 1 aliphatic rings. The topological polar surface area (TPSA) is 83.5 Å². The number of rotatable bonds is 8. The number of aliphatic hydroxyl groups excluding tert-OH is 1. The van der Waals surface area contributed by atoms with Crippen LogP contribution in [0.4, 0.5) is 0 Å². The molecule has 0 aromatic heterocycles. The van der Waals surface area contributed by atoms with E-state index in [1.807, 2.05) is 30.3 Å². The van der Waals surface area contributed by atoms with Gasteiger partial charge in [0.15, 0.2) is 0 Å². The molecule has 152 valence electrons. The molecule has 2 rings (SSSR count). The van der Waals surface area contributed by atoms with E-state index in [4.69, 9.17) is 23.7 Å². The summed E-state index contributed by atoms with van der Waals surface area (Å²) in [6.45, 7) is 3.02. The summed E-state index contributed by atoms with van der Waals surface area (Å²) in [6.07, 6.45) is -0.862. The average molecular weight is 400 g/mol. The minimum absolute atomic E-state index is 0.222. The molecule has 7 nitrogen and oxygen atoms in total. The van der Waals surface area contributed by atoms with Crippen molar-refractivity contribution in [1.82, 2.24) is 0 Å². The van der Waals surface area contributed by atoms with Gasteiger partial charge in [0, 0.05) is 24.9 Å². The van der Waals surface area contributed by atoms with Gasteiger partial charge in [-0.25, -0.2) is 4.79 Å². The Labute approximate surface area is 164 Å². The van der Waals surface area contributed by atoms with E-state index in [0.717, 1.165) is 4.90 Å². The van der Waals surface area contributed by atoms with E-state index in [1.54, 1.807) is 25.6 Å². The normalized spacial score (nSPS) is 32.1. The van der Waals surface area contributed by atoms with E-state index >= 15 is 0 Å². The summed E-state index contributed by atoms with van der Waals surface area (Å²) in [5.41, 5.74) is -1.71. The zero-order valence-corrected chi connectivity index (χ0v) is 17.2. The predicted octanol–water partition coefficient (Wildman–Crippen LogP) is 2.21. The number of hydrogen-bond acceptors (Lipinski definition) is 8. The van der Waals surface area contributed by atoms with Gasteiger partial charge in [0.25, 0.3) is 0 Å². The molecule has 1 aliphatic heterocycles. The smallest absolute Gasteiger partial charge is 0.343 e. The first-order chi connectivity index (χ1) is 12.8. The van der Waals surface area contributed by atoms with E-state index in [2.05, 4.69) is 0 Å². The molecule has 0 aliphatic carbocycles. The molecule has 1 fully saturated rings. The first-order valence-electron chi connectivity index (χ1n) is 8.65. The quantitative estimate of drug-likeness (QED) is 0.525. The Bertz CT molecular complexity index is 628. The molecule has 27 heavy (non-hydrogen) atoms. The standard InChI is InChI=1S/C19H28O7S/c1-17(23-4)18(2,24-5)26-19(13-25-17,16(21)22-3)15(20)11-12-27-14-9-7-6-8-10-14/h6-10,15,20H,11-13H2,1-5H3/t15-,17-,18-,19-/m0/s1. The van der Waals surface area contributed by atoms with Crippen LogP contribution in [0, 0.1) is 0 Å². The summed E-state index contributed by atoms with van der Waals surface area (Å²) < 4.78 is 27.6. The van der Waals surface area contributed by atoms with Crippen LogP contribution in [0.3, 0.4) is 0 Å². The fourth-order valence-electron chi connectivity index (χ4n) is 2.93. The second-order valence-corrected chi connectivity index (χ2v) is 7.71. The molecule has 0 amide bonds. The van der Waals surface area contributed by atoms with Gasteiger partial charge in [-0.15, -0.1) is 11.8 Å². The maximum Gasteiger partial charge on any atom is 0.343 e. The number of methoxy groups -OCH3 is 3. The number of hydrogen-bond donors (Lipinski definition) is 1. The molecular weight excluding hydrogens is 372 g/mol. The maximum atomic E-state index is 12.6. The second kappa shape index (κ2) is 8.89. The number of thioether (sulfide) groups is 1. The van der Waals surface area contributed by atoms with Gasteiger partial charge in [0.05, 0.1) is 19.8 Å². The molecule has 0 unspecified atom stereocenters. The van der Waals surface area contributed by atoms with Crippen LogP contribution in [-0.4, -0.2) is 68.0 Å². The molecule has 1 aromatic carbocycles. The van der Waals surface area contributed by atoms with Crippen LogP contribution < -0.4 is 0 Å². The molecule has 1 saturated heterocycles. The minimum Gasteiger partial charge on any atom is -0.467 e. The van der Waals surface area contributed by atoms with Gasteiger partial charge >= 0.3 is 5.97 Å². The molecule has 1 heterocycles. The lowest BCUT2D eigenvalue weighted by molar-refractivity contribution is -0.453. The van der Waals surface area contributed by atoms with Gasteiger partial charge in [-0.05, 0) is 32.4 Å². The summed E-state index contributed by atoms with van der Waals surface area (Å²) in [5, 5.41) is 10.9. The van der Waals surface area contributed by atoms with Crippen LogP contribution in [0.15, 0.2) is 35.2 Å². The van der Waals surface area contributed by atoms with Crippen LogP contribution in [0.1, 0.15) is 20.3 Å². The number of ether oxygens (including phenoxy) is 5. The van der Waals surface area contributed by atoms with Crippen molar-refractivity contribution in [2.24, 2.45) is 0 Å². The maximum absolute atomic E-state index is 12.6. The summed E-state index contributed by atoms with van der Waals surface area (Å²) in [7, 11) is 4.12. The summed E-state index contributed by atoms with van der Waals surface area (Å²) in [4.78, 5) is 13.7. The van der Waals surface area contributed by atoms with Crippen molar-refractivity contribution in [2.75, 3.05) is 33.7 Å². The Morgan fingerprint density at radius 1 is 1.19 bits per heavy atom. The third-order valence-electron chi connectivity index (χ3n) is 5.02. The highest BCUT2D eigenvalue weighted by molar-refractivity contribution is 7.99. The van der Waals surface area contributed by atoms with Gasteiger partial charge in [0.1, 0.15) is 0 Å². The largest absolute Gasteiger partial charge is 0.467 e. The fraction of sp³-hybridized carbons (Fsp3) is 0.632. The lowest BCUT2D eigenvalue weighted by atomic mass is 9.91. The van der Waals surface area contributed by atoms with Gasteiger partial charge in [-0.2, -0.15) is 0 Å². The molecule has 0 spiro atoms. The molecule has 0 radical (unpaired) electrons. The first-order valence-corrected chi connectivity index (χ1v) is 9.64. The van der Waals surface area contributed by atoms with Gasteiger partial charge in [0.2, 0.25) is 17.2 Å². The summed E-state index contributed by atoms with van der Waals surface area (Å²) >= 11 is 1.58. The molecule has 8 heteroatoms. The minimum atomic E-state index is -1.71. The fourth-order valence-corrected chi connectivity index (χ4v) is 3.86. The van der Waals surface area contributed by atoms with Crippen LogP contribution >= 0.6 is 11.8 Å². The van der Waals surface area contributed by atoms with E-state index in [1.165, 1.54) is 21.3 Å². The third-order valence-corrected chi connectivity index (χ3v) is 6.06. The van der Waals surface area contributed by atoms with Crippen molar-refractivity contribution in [1.29, 1.82) is 0 Å². The number of esters is 1. The number of carbonyl (C=O) groups excluding carboxylic acids is 1. The highest BCUT2D eigenvalue weighted by Crippen LogP contribution is 2.43. The van der Waals surface area contributed by atoms with Crippen molar-refractivity contribution in [3.63, 3.8) is 0 Å². The van der Waals surface area contributed by atoms with Crippen LogP contribution in [-0.2, 0) is 28.5 Å². The zero-order valence-electron chi connectivity index (χ0n) is 16.4. The monoisotopic (exact) mass is 400 g/mol. The Balaban J connectivity index is 2.17. The predicted molar refractivity (Wildman–Crippen MR) is 100 cm³/mol. The molecule has 1 N–H and O–H groups in total. The van der Waals surface area contributed by atoms with Crippen molar-refractivity contribution < 1.29 is 33.6 Å². The SMILES string of the molecule is COC(=O)[C@@]1([C@@H](O)CCSc2ccccc2)CO[C@](C)(OC)[C@@](C)(OC)O1. The van der Waals surface area contributed by atoms with Crippen LogP contribution in [0.25, 0.3) is 0 Å². The number of benzene rings is 1. The first kappa shape index (κ1) is 22.1. The molecular formula is C19H28O7S. The number of carbonyl (C=O) groups is 1. The lowest BCUT2D eigenvalue weighted by Crippen LogP contribution is -2.71. The second-order valence-electron chi connectivity index (χ2n) is 6.54. The zero-order chi connectivity index (χ0) is 20.1. The van der Waals surface area contributed by atoms with E-state index in [9.17, 15) is 9.90 Å². The highest BCUT2D eigenvalue weighted by atomic mass is 32.2. The molecule has 4 atom stereocenters. The van der Waals surface area contributed by atoms with Gasteiger partial charge in [-0.1, -0.05) is 18.2 Å². The molecule has 0 bridgehead atoms. The Kier molecular flexibility index (Phi) is 7.29. The summed E-state index contributed by atoms with van der Waals surface area (Å²) in [5.74, 6) is -2.82.